The summed E-state index contributed by atoms with van der Waals surface area (Å²) in [6, 6.07) is 4.33. The molecule has 0 aliphatic heterocycles. The van der Waals surface area contributed by atoms with Crippen molar-refractivity contribution in [3.05, 3.63) is 46.3 Å². The van der Waals surface area contributed by atoms with E-state index in [0.29, 0.717) is 12.4 Å². The molecular formula is C15H16N4O6. The molecule has 0 spiro atoms. The van der Waals surface area contributed by atoms with Crippen molar-refractivity contribution >= 4 is 23.3 Å². The maximum atomic E-state index is 12.4. The summed E-state index contributed by atoms with van der Waals surface area (Å²) in [7, 11) is 0. The van der Waals surface area contributed by atoms with Crippen LogP contribution in [0, 0.1) is 10.1 Å². The Hall–Kier alpha value is -3.43. The van der Waals surface area contributed by atoms with Crippen LogP contribution in [-0.4, -0.2) is 38.3 Å². The van der Waals surface area contributed by atoms with E-state index in [-0.39, 0.29) is 17.1 Å². The van der Waals surface area contributed by atoms with Crippen LogP contribution >= 0.6 is 0 Å². The molecule has 0 aliphatic rings. The van der Waals surface area contributed by atoms with Crippen molar-refractivity contribution in [2.75, 3.05) is 11.9 Å². The fraction of sp³-hybridized carbons (Fsp3) is 0.267. The van der Waals surface area contributed by atoms with Gasteiger partial charge < -0.3 is 15.2 Å². The summed E-state index contributed by atoms with van der Waals surface area (Å²) in [5.74, 6) is -1.57. The van der Waals surface area contributed by atoms with Gasteiger partial charge in [-0.25, -0.2) is 9.48 Å². The van der Waals surface area contributed by atoms with Crippen LogP contribution in [0.15, 0.2) is 30.5 Å². The van der Waals surface area contributed by atoms with Crippen molar-refractivity contribution in [3.63, 3.8) is 0 Å². The molecule has 0 radical (unpaired) electrons. The van der Waals surface area contributed by atoms with Crippen LogP contribution in [0.4, 0.5) is 11.4 Å². The fourth-order valence-corrected chi connectivity index (χ4v) is 2.17. The van der Waals surface area contributed by atoms with Crippen molar-refractivity contribution in [2.45, 2.75) is 19.9 Å². The Bertz CT molecular complexity index is 816. The number of ether oxygens (including phenoxy) is 1. The Balaban J connectivity index is 2.26. The van der Waals surface area contributed by atoms with Crippen LogP contribution in [-0.2, 0) is 4.79 Å². The number of carbonyl (C=O) groups is 2. The van der Waals surface area contributed by atoms with Crippen molar-refractivity contribution in [2.24, 2.45) is 0 Å². The lowest BCUT2D eigenvalue weighted by Crippen LogP contribution is -2.27. The first-order valence-electron chi connectivity index (χ1n) is 7.34. The third-order valence-electron chi connectivity index (χ3n) is 3.37. The molecule has 1 aromatic carbocycles. The molecular weight excluding hydrogens is 332 g/mol. The highest BCUT2D eigenvalue weighted by Gasteiger charge is 2.24. The Morgan fingerprint density at radius 1 is 1.44 bits per heavy atom. The van der Waals surface area contributed by atoms with Crippen molar-refractivity contribution in [1.82, 2.24) is 9.78 Å². The Labute approximate surface area is 142 Å². The first-order valence-corrected chi connectivity index (χ1v) is 7.34. The summed E-state index contributed by atoms with van der Waals surface area (Å²) < 4.78 is 6.23. The fourth-order valence-electron chi connectivity index (χ4n) is 2.17. The number of nitro benzene ring substituents is 1. The minimum absolute atomic E-state index is 0.0191. The molecule has 1 amide bonds. The smallest absolute Gasteiger partial charge is 0.354 e. The largest absolute Gasteiger partial charge is 0.494 e. The van der Waals surface area contributed by atoms with Gasteiger partial charge in [0.25, 0.3) is 5.69 Å². The van der Waals surface area contributed by atoms with E-state index in [9.17, 15) is 19.7 Å². The van der Waals surface area contributed by atoms with Gasteiger partial charge in [0.1, 0.15) is 23.2 Å². The summed E-state index contributed by atoms with van der Waals surface area (Å²) in [4.78, 5) is 34.0. The van der Waals surface area contributed by atoms with Crippen LogP contribution in [0.3, 0.4) is 0 Å². The molecule has 1 heterocycles. The third-order valence-corrected chi connectivity index (χ3v) is 3.37. The van der Waals surface area contributed by atoms with Gasteiger partial charge in [0.15, 0.2) is 0 Å². The molecule has 1 unspecified atom stereocenters. The number of anilines is 1. The molecule has 1 aromatic heterocycles. The number of carboxylic acid groups (broad SMARTS) is 1. The highest BCUT2D eigenvalue weighted by atomic mass is 16.6. The van der Waals surface area contributed by atoms with Crippen LogP contribution in [0.1, 0.15) is 30.4 Å². The van der Waals surface area contributed by atoms with E-state index in [1.807, 2.05) is 0 Å². The number of aromatic carboxylic acids is 1. The zero-order valence-corrected chi connectivity index (χ0v) is 13.5. The Kier molecular flexibility index (Phi) is 5.32. The average Bonchev–Trinajstić information content (AvgIpc) is 3.05. The van der Waals surface area contributed by atoms with E-state index in [1.54, 1.807) is 6.92 Å². The molecule has 0 saturated carbocycles. The van der Waals surface area contributed by atoms with Gasteiger partial charge in [0, 0.05) is 6.20 Å². The predicted molar refractivity (Wildman–Crippen MR) is 86.8 cm³/mol. The number of amides is 1. The van der Waals surface area contributed by atoms with Crippen LogP contribution < -0.4 is 10.1 Å². The second kappa shape index (κ2) is 7.43. The average molecular weight is 348 g/mol. The SMILES string of the molecule is CCOc1ccc(NC(=O)C(C)n2nccc2C(=O)O)c([N+](=O)[O-])c1. The number of aromatic nitrogens is 2. The minimum Gasteiger partial charge on any atom is -0.494 e. The monoisotopic (exact) mass is 348 g/mol. The number of carbonyl (C=O) groups excluding carboxylic acids is 1. The molecule has 10 heteroatoms. The Morgan fingerprint density at radius 2 is 2.16 bits per heavy atom. The van der Waals surface area contributed by atoms with E-state index in [0.717, 1.165) is 4.68 Å². The minimum atomic E-state index is -1.23. The van der Waals surface area contributed by atoms with Gasteiger partial charge in [-0.2, -0.15) is 5.10 Å². The summed E-state index contributed by atoms with van der Waals surface area (Å²) in [5, 5.41) is 26.5. The number of nitro groups is 1. The summed E-state index contributed by atoms with van der Waals surface area (Å²) in [6.07, 6.45) is 1.26. The molecule has 132 valence electrons. The number of hydrogen-bond donors (Lipinski definition) is 2. The lowest BCUT2D eigenvalue weighted by atomic mass is 10.2. The van der Waals surface area contributed by atoms with Gasteiger partial charge in [0.2, 0.25) is 5.91 Å². The van der Waals surface area contributed by atoms with Gasteiger partial charge in [-0.3, -0.25) is 14.9 Å². The van der Waals surface area contributed by atoms with Gasteiger partial charge in [0.05, 0.1) is 17.6 Å². The quantitative estimate of drug-likeness (QED) is 0.577. The Morgan fingerprint density at radius 3 is 2.76 bits per heavy atom. The number of hydrogen-bond acceptors (Lipinski definition) is 6. The number of benzene rings is 1. The molecule has 2 N–H and O–H groups in total. The lowest BCUT2D eigenvalue weighted by molar-refractivity contribution is -0.384. The van der Waals surface area contributed by atoms with Crippen molar-refractivity contribution < 1.29 is 24.4 Å². The topological polar surface area (TPSA) is 137 Å². The first kappa shape index (κ1) is 17.9. The number of carboxylic acids is 1. The first-order chi connectivity index (χ1) is 11.8. The van der Waals surface area contributed by atoms with E-state index in [1.165, 1.54) is 37.4 Å². The van der Waals surface area contributed by atoms with E-state index >= 15 is 0 Å². The molecule has 25 heavy (non-hydrogen) atoms. The number of nitrogens with zero attached hydrogens (tertiary/aromatic N) is 3. The van der Waals surface area contributed by atoms with E-state index in [4.69, 9.17) is 9.84 Å². The summed E-state index contributed by atoms with van der Waals surface area (Å²) in [6.45, 7) is 3.53. The molecule has 2 rings (SSSR count). The highest BCUT2D eigenvalue weighted by molar-refractivity contribution is 5.96. The van der Waals surface area contributed by atoms with Crippen LogP contribution in [0.2, 0.25) is 0 Å². The molecule has 10 nitrogen and oxygen atoms in total. The highest BCUT2D eigenvalue weighted by Crippen LogP contribution is 2.29. The maximum Gasteiger partial charge on any atom is 0.354 e. The number of rotatable bonds is 7. The standard InChI is InChI=1S/C15H16N4O6/c1-3-25-10-4-5-11(13(8-10)19(23)24)17-14(20)9(2)18-12(15(21)22)6-7-16-18/h4-9H,3H2,1-2H3,(H,17,20)(H,21,22). The molecule has 0 bridgehead atoms. The third kappa shape index (κ3) is 3.91. The van der Waals surface area contributed by atoms with Crippen LogP contribution in [0.5, 0.6) is 5.75 Å². The second-order valence-electron chi connectivity index (χ2n) is 5.00. The predicted octanol–water partition coefficient (Wildman–Crippen LogP) is 2.09. The molecule has 0 fully saturated rings. The second-order valence-corrected chi connectivity index (χ2v) is 5.00. The molecule has 1 atom stereocenters. The normalized spacial score (nSPS) is 11.6. The van der Waals surface area contributed by atoms with Crippen molar-refractivity contribution in [3.8, 4) is 5.75 Å². The van der Waals surface area contributed by atoms with Gasteiger partial charge in [-0.15, -0.1) is 0 Å². The van der Waals surface area contributed by atoms with Crippen LogP contribution in [0.25, 0.3) is 0 Å². The summed E-state index contributed by atoms with van der Waals surface area (Å²) >= 11 is 0. The van der Waals surface area contributed by atoms with E-state index < -0.39 is 22.8 Å². The lowest BCUT2D eigenvalue weighted by Gasteiger charge is -2.14. The summed E-state index contributed by atoms with van der Waals surface area (Å²) in [5.41, 5.74) is -0.511. The van der Waals surface area contributed by atoms with Crippen molar-refractivity contribution in [1.29, 1.82) is 0 Å². The van der Waals surface area contributed by atoms with Gasteiger partial charge in [-0.05, 0) is 32.0 Å². The zero-order valence-electron chi connectivity index (χ0n) is 13.5. The van der Waals surface area contributed by atoms with Gasteiger partial charge in [-0.1, -0.05) is 0 Å². The zero-order chi connectivity index (χ0) is 18.6. The maximum absolute atomic E-state index is 12.4. The molecule has 0 aliphatic carbocycles. The van der Waals surface area contributed by atoms with E-state index in [2.05, 4.69) is 10.4 Å². The van der Waals surface area contributed by atoms with Gasteiger partial charge >= 0.3 is 5.97 Å². The number of nitrogens with one attached hydrogen (secondary N) is 1. The molecule has 0 saturated heterocycles. The molecule has 2 aromatic rings.